The molecule has 2 atom stereocenters. The highest BCUT2D eigenvalue weighted by Gasteiger charge is 2.21. The third-order valence-electron chi connectivity index (χ3n) is 3.47. The second-order valence-corrected chi connectivity index (χ2v) is 6.72. The first-order valence-corrected chi connectivity index (χ1v) is 6.60. The number of hydrogen-bond donors (Lipinski definition) is 1. The summed E-state index contributed by atoms with van der Waals surface area (Å²) in [6.45, 7) is 14.6. The van der Waals surface area contributed by atoms with Gasteiger partial charge in [0.2, 0.25) is 0 Å². The van der Waals surface area contributed by atoms with Crippen LogP contribution in [-0.2, 0) is 0 Å². The lowest BCUT2D eigenvalue weighted by Gasteiger charge is -2.31. The Kier molecular flexibility index (Phi) is 6.57. The fourth-order valence-corrected chi connectivity index (χ4v) is 1.86. The van der Waals surface area contributed by atoms with Gasteiger partial charge in [0.25, 0.3) is 0 Å². The van der Waals surface area contributed by atoms with Crippen molar-refractivity contribution in [3.05, 3.63) is 0 Å². The Morgan fingerprint density at radius 1 is 1.12 bits per heavy atom. The second kappa shape index (κ2) is 6.61. The summed E-state index contributed by atoms with van der Waals surface area (Å²) in [5, 5.41) is 0. The van der Waals surface area contributed by atoms with Crippen molar-refractivity contribution >= 4 is 0 Å². The third kappa shape index (κ3) is 6.49. The molecule has 0 aliphatic heterocycles. The van der Waals surface area contributed by atoms with Gasteiger partial charge in [-0.1, -0.05) is 34.6 Å². The van der Waals surface area contributed by atoms with Gasteiger partial charge in [0, 0.05) is 12.1 Å². The van der Waals surface area contributed by atoms with Crippen molar-refractivity contribution in [1.29, 1.82) is 0 Å². The van der Waals surface area contributed by atoms with Crippen molar-refractivity contribution in [2.45, 2.75) is 66.5 Å². The lowest BCUT2D eigenvalue weighted by molar-refractivity contribution is 0.200. The third-order valence-corrected chi connectivity index (χ3v) is 3.47. The summed E-state index contributed by atoms with van der Waals surface area (Å²) < 4.78 is 0. The monoisotopic (exact) mass is 228 g/mol. The molecule has 16 heavy (non-hydrogen) atoms. The smallest absolute Gasteiger partial charge is 0.00998 e. The zero-order chi connectivity index (χ0) is 12.9. The molecule has 0 saturated heterocycles. The Bertz CT molecular complexity index is 182. The summed E-state index contributed by atoms with van der Waals surface area (Å²) in [6.07, 6.45) is 2.35. The van der Waals surface area contributed by atoms with Crippen LogP contribution < -0.4 is 5.73 Å². The van der Waals surface area contributed by atoms with Crippen molar-refractivity contribution in [1.82, 2.24) is 4.90 Å². The maximum absolute atomic E-state index is 6.17. The molecule has 0 amide bonds. The molecule has 98 valence electrons. The fourth-order valence-electron chi connectivity index (χ4n) is 1.86. The van der Waals surface area contributed by atoms with Gasteiger partial charge in [-0.2, -0.15) is 0 Å². The molecule has 0 fully saturated rings. The molecule has 0 aliphatic carbocycles. The van der Waals surface area contributed by atoms with E-state index in [1.807, 2.05) is 0 Å². The molecule has 2 N–H and O–H groups in total. The standard InChI is InChI=1S/C14H32N2/c1-11(2)10-12(3)16(7)9-8-13(15)14(4,5)6/h11-13H,8-10,15H2,1-7H3. The van der Waals surface area contributed by atoms with Gasteiger partial charge in [-0.25, -0.2) is 0 Å². The average Bonchev–Trinajstić information content (AvgIpc) is 2.10. The Hall–Kier alpha value is -0.0800. The predicted octanol–water partition coefficient (Wildman–Crippen LogP) is 3.12. The summed E-state index contributed by atoms with van der Waals surface area (Å²) in [6, 6.07) is 0.952. The first-order valence-electron chi connectivity index (χ1n) is 6.60. The quantitative estimate of drug-likeness (QED) is 0.757. The van der Waals surface area contributed by atoms with Crippen LogP contribution in [0, 0.1) is 11.3 Å². The van der Waals surface area contributed by atoms with Crippen LogP contribution in [0.5, 0.6) is 0 Å². The van der Waals surface area contributed by atoms with Crippen molar-refractivity contribution in [2.24, 2.45) is 17.1 Å². The second-order valence-electron chi connectivity index (χ2n) is 6.72. The van der Waals surface area contributed by atoms with Gasteiger partial charge in [0.1, 0.15) is 0 Å². The van der Waals surface area contributed by atoms with Gasteiger partial charge in [0.15, 0.2) is 0 Å². The van der Waals surface area contributed by atoms with Gasteiger partial charge in [-0.3, -0.25) is 0 Å². The Morgan fingerprint density at radius 3 is 2.00 bits per heavy atom. The molecular formula is C14H32N2. The molecule has 0 saturated carbocycles. The molecule has 0 rings (SSSR count). The van der Waals surface area contributed by atoms with Crippen LogP contribution in [0.1, 0.15) is 54.4 Å². The molecule has 0 radical (unpaired) electrons. The summed E-state index contributed by atoms with van der Waals surface area (Å²) in [7, 11) is 2.21. The number of nitrogens with zero attached hydrogens (tertiary/aromatic N) is 1. The van der Waals surface area contributed by atoms with E-state index in [0.717, 1.165) is 18.9 Å². The molecule has 0 aromatic carbocycles. The highest BCUT2D eigenvalue weighted by molar-refractivity contribution is 4.78. The summed E-state index contributed by atoms with van der Waals surface area (Å²) in [5.74, 6) is 0.772. The zero-order valence-corrected chi connectivity index (χ0v) is 12.4. The summed E-state index contributed by atoms with van der Waals surface area (Å²) >= 11 is 0. The maximum atomic E-state index is 6.17. The van der Waals surface area contributed by atoms with E-state index in [0.29, 0.717) is 12.1 Å². The van der Waals surface area contributed by atoms with Crippen LogP contribution >= 0.6 is 0 Å². The SMILES string of the molecule is CC(C)CC(C)N(C)CCC(N)C(C)(C)C. The fraction of sp³-hybridized carbons (Fsp3) is 1.00. The largest absolute Gasteiger partial charge is 0.327 e. The minimum absolute atomic E-state index is 0.224. The number of rotatable bonds is 6. The van der Waals surface area contributed by atoms with Crippen LogP contribution in [0.4, 0.5) is 0 Å². The highest BCUT2D eigenvalue weighted by Crippen LogP contribution is 2.20. The molecule has 0 heterocycles. The van der Waals surface area contributed by atoms with Crippen molar-refractivity contribution < 1.29 is 0 Å². The maximum Gasteiger partial charge on any atom is 0.00998 e. The molecule has 0 aromatic rings. The van der Waals surface area contributed by atoms with Crippen LogP contribution in [0.3, 0.4) is 0 Å². The van der Waals surface area contributed by atoms with Gasteiger partial charge in [-0.05, 0) is 44.7 Å². The minimum Gasteiger partial charge on any atom is -0.327 e. The first kappa shape index (κ1) is 15.9. The Balaban J connectivity index is 3.93. The van der Waals surface area contributed by atoms with Gasteiger partial charge in [-0.15, -0.1) is 0 Å². The van der Waals surface area contributed by atoms with Crippen LogP contribution in [-0.4, -0.2) is 30.6 Å². The molecule has 2 heteroatoms. The van der Waals surface area contributed by atoms with E-state index in [9.17, 15) is 0 Å². The van der Waals surface area contributed by atoms with E-state index in [4.69, 9.17) is 5.73 Å². The molecule has 2 nitrogen and oxygen atoms in total. The number of nitrogens with two attached hydrogens (primary N) is 1. The van der Waals surface area contributed by atoms with E-state index in [2.05, 4.69) is 53.5 Å². The zero-order valence-electron chi connectivity index (χ0n) is 12.4. The van der Waals surface area contributed by atoms with E-state index < -0.39 is 0 Å². The average molecular weight is 228 g/mol. The van der Waals surface area contributed by atoms with Crippen LogP contribution in [0.15, 0.2) is 0 Å². The molecular weight excluding hydrogens is 196 g/mol. The van der Waals surface area contributed by atoms with E-state index in [1.54, 1.807) is 0 Å². The van der Waals surface area contributed by atoms with Crippen LogP contribution in [0.25, 0.3) is 0 Å². The molecule has 0 aromatic heterocycles. The Morgan fingerprint density at radius 2 is 1.62 bits per heavy atom. The lowest BCUT2D eigenvalue weighted by atomic mass is 9.85. The summed E-state index contributed by atoms with van der Waals surface area (Å²) in [5.41, 5.74) is 6.40. The van der Waals surface area contributed by atoms with Crippen molar-refractivity contribution in [3.8, 4) is 0 Å². The summed E-state index contributed by atoms with van der Waals surface area (Å²) in [4.78, 5) is 2.44. The first-order chi connectivity index (χ1) is 7.14. The van der Waals surface area contributed by atoms with Gasteiger partial charge < -0.3 is 10.6 Å². The molecule has 2 unspecified atom stereocenters. The van der Waals surface area contributed by atoms with Crippen LogP contribution in [0.2, 0.25) is 0 Å². The molecule has 0 aliphatic rings. The minimum atomic E-state index is 0.224. The van der Waals surface area contributed by atoms with E-state index in [-0.39, 0.29) is 5.41 Å². The van der Waals surface area contributed by atoms with Gasteiger partial charge in [0.05, 0.1) is 0 Å². The topological polar surface area (TPSA) is 29.3 Å². The molecule has 0 bridgehead atoms. The predicted molar refractivity (Wildman–Crippen MR) is 73.6 cm³/mol. The lowest BCUT2D eigenvalue weighted by Crippen LogP contribution is -2.40. The highest BCUT2D eigenvalue weighted by atomic mass is 15.1. The van der Waals surface area contributed by atoms with Crippen molar-refractivity contribution in [3.63, 3.8) is 0 Å². The van der Waals surface area contributed by atoms with Crippen molar-refractivity contribution in [2.75, 3.05) is 13.6 Å². The van der Waals surface area contributed by atoms with Gasteiger partial charge >= 0.3 is 0 Å². The Labute approximate surface area is 103 Å². The normalized spacial score (nSPS) is 16.9. The number of hydrogen-bond acceptors (Lipinski definition) is 2. The van der Waals surface area contributed by atoms with E-state index in [1.165, 1.54) is 6.42 Å². The van der Waals surface area contributed by atoms with E-state index >= 15 is 0 Å². The molecule has 0 spiro atoms.